The molecule has 2 aliphatic heterocycles. The molecule has 2 unspecified atom stereocenters. The molecular weight excluding hydrogens is 319 g/mol. The van der Waals surface area contributed by atoms with Crippen LogP contribution < -0.4 is 0 Å². The second-order valence-corrected chi connectivity index (χ2v) is 7.10. The molecule has 5 heteroatoms. The van der Waals surface area contributed by atoms with Crippen molar-refractivity contribution >= 4 is 30.6 Å². The zero-order chi connectivity index (χ0) is 13.8. The summed E-state index contributed by atoms with van der Waals surface area (Å²) in [6.45, 7) is 6.99. The fourth-order valence-electron chi connectivity index (χ4n) is 4.29. The summed E-state index contributed by atoms with van der Waals surface area (Å²) >= 11 is 0. The quantitative estimate of drug-likeness (QED) is 0.776. The van der Waals surface area contributed by atoms with Gasteiger partial charge < -0.3 is 9.80 Å². The first-order valence-corrected chi connectivity index (χ1v) is 8.81. The maximum atomic E-state index is 12.6. The molecule has 0 bridgehead atoms. The van der Waals surface area contributed by atoms with Gasteiger partial charge >= 0.3 is 0 Å². The van der Waals surface area contributed by atoms with Gasteiger partial charge in [-0.2, -0.15) is 0 Å². The molecular formula is C17H32Cl2N2O. The molecule has 1 saturated carbocycles. The minimum atomic E-state index is 0. The van der Waals surface area contributed by atoms with E-state index in [-0.39, 0.29) is 24.8 Å². The van der Waals surface area contributed by atoms with Gasteiger partial charge in [-0.05, 0) is 64.7 Å². The number of nitrogens with zero attached hydrogens (tertiary/aromatic N) is 2. The average Bonchev–Trinajstić information content (AvgIpc) is 2.83. The molecule has 130 valence electrons. The SMILES string of the molecule is Cl.Cl.O=C1C(CN2CCCCC2)CCC1CN1CCCCC1. The molecule has 0 aromatic rings. The fourth-order valence-corrected chi connectivity index (χ4v) is 4.29. The number of carbonyl (C=O) groups excluding carboxylic acids is 1. The van der Waals surface area contributed by atoms with Crippen LogP contribution in [0.3, 0.4) is 0 Å². The molecule has 3 rings (SSSR count). The molecule has 1 aliphatic carbocycles. The topological polar surface area (TPSA) is 23.6 Å². The Hall–Kier alpha value is 0.170. The van der Waals surface area contributed by atoms with Crippen molar-refractivity contribution in [1.82, 2.24) is 9.80 Å². The van der Waals surface area contributed by atoms with Crippen LogP contribution >= 0.6 is 24.8 Å². The Morgan fingerprint density at radius 1 is 0.682 bits per heavy atom. The van der Waals surface area contributed by atoms with Gasteiger partial charge in [0.15, 0.2) is 0 Å². The number of hydrogen-bond acceptors (Lipinski definition) is 3. The fraction of sp³-hybridized carbons (Fsp3) is 0.941. The summed E-state index contributed by atoms with van der Waals surface area (Å²) in [7, 11) is 0. The van der Waals surface area contributed by atoms with Crippen molar-refractivity contribution in [3.05, 3.63) is 0 Å². The van der Waals surface area contributed by atoms with Gasteiger partial charge in [-0.25, -0.2) is 0 Å². The normalized spacial score (nSPS) is 30.6. The third-order valence-corrected chi connectivity index (χ3v) is 5.52. The van der Waals surface area contributed by atoms with Crippen molar-refractivity contribution in [3.63, 3.8) is 0 Å². The van der Waals surface area contributed by atoms with Crippen LogP contribution in [-0.4, -0.2) is 54.9 Å². The van der Waals surface area contributed by atoms with Gasteiger partial charge in [0.1, 0.15) is 5.78 Å². The number of Topliss-reactive ketones (excluding diaryl/α,β-unsaturated/α-hetero) is 1. The predicted molar refractivity (Wildman–Crippen MR) is 96.3 cm³/mol. The lowest BCUT2D eigenvalue weighted by atomic mass is 10.00. The van der Waals surface area contributed by atoms with Crippen LogP contribution in [0, 0.1) is 11.8 Å². The molecule has 22 heavy (non-hydrogen) atoms. The van der Waals surface area contributed by atoms with Gasteiger partial charge in [-0.3, -0.25) is 4.79 Å². The van der Waals surface area contributed by atoms with Gasteiger partial charge in [0, 0.05) is 24.9 Å². The Morgan fingerprint density at radius 3 is 1.41 bits per heavy atom. The summed E-state index contributed by atoms with van der Waals surface area (Å²) < 4.78 is 0. The molecule has 3 nitrogen and oxygen atoms in total. The van der Waals surface area contributed by atoms with Crippen LogP contribution in [-0.2, 0) is 4.79 Å². The summed E-state index contributed by atoms with van der Waals surface area (Å²) in [5, 5.41) is 0. The summed E-state index contributed by atoms with van der Waals surface area (Å²) in [4.78, 5) is 17.7. The van der Waals surface area contributed by atoms with Crippen molar-refractivity contribution in [2.45, 2.75) is 51.4 Å². The van der Waals surface area contributed by atoms with Crippen molar-refractivity contribution < 1.29 is 4.79 Å². The highest BCUT2D eigenvalue weighted by Gasteiger charge is 2.36. The maximum Gasteiger partial charge on any atom is 0.141 e. The van der Waals surface area contributed by atoms with Gasteiger partial charge in [0.05, 0.1) is 0 Å². The lowest BCUT2D eigenvalue weighted by Crippen LogP contribution is -2.38. The summed E-state index contributed by atoms with van der Waals surface area (Å²) in [5.41, 5.74) is 0. The van der Waals surface area contributed by atoms with E-state index < -0.39 is 0 Å². The number of ketones is 1. The average molecular weight is 351 g/mol. The van der Waals surface area contributed by atoms with E-state index in [4.69, 9.17) is 0 Å². The first kappa shape index (κ1) is 20.2. The smallest absolute Gasteiger partial charge is 0.141 e. The number of rotatable bonds is 4. The molecule has 0 amide bonds. The van der Waals surface area contributed by atoms with E-state index in [1.807, 2.05) is 0 Å². The summed E-state index contributed by atoms with van der Waals surface area (Å²) in [6, 6.07) is 0. The lowest BCUT2D eigenvalue weighted by Gasteiger charge is -2.30. The molecule has 2 heterocycles. The zero-order valence-electron chi connectivity index (χ0n) is 13.7. The highest BCUT2D eigenvalue weighted by Crippen LogP contribution is 2.30. The van der Waals surface area contributed by atoms with Crippen LogP contribution in [0.1, 0.15) is 51.4 Å². The molecule has 3 aliphatic rings. The number of likely N-dealkylation sites (tertiary alicyclic amines) is 2. The Morgan fingerprint density at radius 2 is 1.05 bits per heavy atom. The summed E-state index contributed by atoms with van der Waals surface area (Å²) in [6.07, 6.45) is 10.4. The highest BCUT2D eigenvalue weighted by molar-refractivity contribution is 5.86. The van der Waals surface area contributed by atoms with E-state index in [1.165, 1.54) is 64.7 Å². The third-order valence-electron chi connectivity index (χ3n) is 5.52. The van der Waals surface area contributed by atoms with Gasteiger partial charge in [-0.1, -0.05) is 12.8 Å². The van der Waals surface area contributed by atoms with Crippen molar-refractivity contribution in [2.75, 3.05) is 39.3 Å². The van der Waals surface area contributed by atoms with Crippen LogP contribution in [0.25, 0.3) is 0 Å². The van der Waals surface area contributed by atoms with Crippen molar-refractivity contribution in [1.29, 1.82) is 0 Å². The largest absolute Gasteiger partial charge is 0.303 e. The molecule has 0 N–H and O–H groups in total. The second kappa shape index (κ2) is 10.1. The number of piperidine rings is 2. The van der Waals surface area contributed by atoms with E-state index in [0.717, 1.165) is 25.9 Å². The molecule has 0 radical (unpaired) electrons. The summed E-state index contributed by atoms with van der Waals surface area (Å²) in [5.74, 6) is 1.28. The van der Waals surface area contributed by atoms with E-state index in [0.29, 0.717) is 17.6 Å². The van der Waals surface area contributed by atoms with Gasteiger partial charge in [0.25, 0.3) is 0 Å². The Bertz CT molecular complexity index is 299. The van der Waals surface area contributed by atoms with Crippen molar-refractivity contribution in [2.24, 2.45) is 11.8 Å². The molecule has 3 fully saturated rings. The van der Waals surface area contributed by atoms with E-state index >= 15 is 0 Å². The number of halogens is 2. The van der Waals surface area contributed by atoms with E-state index in [1.54, 1.807) is 0 Å². The number of hydrogen-bond donors (Lipinski definition) is 0. The molecule has 2 atom stereocenters. The Balaban J connectivity index is 0.00000121. The third kappa shape index (κ3) is 5.36. The highest BCUT2D eigenvalue weighted by atomic mass is 35.5. The lowest BCUT2D eigenvalue weighted by molar-refractivity contribution is -0.125. The van der Waals surface area contributed by atoms with Gasteiger partial charge in [-0.15, -0.1) is 24.8 Å². The molecule has 0 aromatic heterocycles. The van der Waals surface area contributed by atoms with Crippen molar-refractivity contribution in [3.8, 4) is 0 Å². The zero-order valence-corrected chi connectivity index (χ0v) is 15.3. The molecule has 0 aromatic carbocycles. The van der Waals surface area contributed by atoms with Gasteiger partial charge in [0.2, 0.25) is 0 Å². The Labute approximate surface area is 148 Å². The van der Waals surface area contributed by atoms with E-state index in [9.17, 15) is 4.79 Å². The number of carbonyl (C=O) groups is 1. The first-order chi connectivity index (χ1) is 9.83. The van der Waals surface area contributed by atoms with Crippen LogP contribution in [0.2, 0.25) is 0 Å². The predicted octanol–water partition coefficient (Wildman–Crippen LogP) is 3.40. The Kier molecular flexibility index (Phi) is 9.30. The van der Waals surface area contributed by atoms with Crippen LogP contribution in [0.5, 0.6) is 0 Å². The van der Waals surface area contributed by atoms with E-state index in [2.05, 4.69) is 9.80 Å². The van der Waals surface area contributed by atoms with Crippen LogP contribution in [0.15, 0.2) is 0 Å². The molecule has 0 spiro atoms. The molecule has 2 saturated heterocycles. The maximum absolute atomic E-state index is 12.6. The minimum Gasteiger partial charge on any atom is -0.303 e. The van der Waals surface area contributed by atoms with Crippen LogP contribution in [0.4, 0.5) is 0 Å². The standard InChI is InChI=1S/C17H30N2O.2ClH/c20-17-15(13-18-9-3-1-4-10-18)7-8-16(17)14-19-11-5-2-6-12-19;;/h15-16H,1-14H2;2*1H. The minimum absolute atomic E-state index is 0. The first-order valence-electron chi connectivity index (χ1n) is 8.81. The second-order valence-electron chi connectivity index (χ2n) is 7.10. The monoisotopic (exact) mass is 350 g/mol.